The zero-order valence-corrected chi connectivity index (χ0v) is 17.4. The topological polar surface area (TPSA) is 69.9 Å². The second kappa shape index (κ2) is 8.32. The first kappa shape index (κ1) is 19.6. The molecule has 0 amide bonds. The van der Waals surface area contributed by atoms with E-state index >= 15 is 0 Å². The van der Waals surface area contributed by atoms with Crippen molar-refractivity contribution < 1.29 is 14.2 Å². The molecule has 2 heterocycles. The number of hydrogen-bond acceptors (Lipinski definition) is 6. The first-order valence-corrected chi connectivity index (χ1v) is 9.67. The number of anilines is 2. The summed E-state index contributed by atoms with van der Waals surface area (Å²) in [4.78, 5) is 9.26. The van der Waals surface area contributed by atoms with Crippen molar-refractivity contribution in [2.75, 3.05) is 19.5 Å². The Kier molecular flexibility index (Phi) is 5.43. The monoisotopic (exact) mass is 404 g/mol. The molecule has 0 fully saturated rings. The van der Waals surface area contributed by atoms with Crippen LogP contribution in [0.5, 0.6) is 17.2 Å². The molecule has 2 aromatic heterocycles. The summed E-state index contributed by atoms with van der Waals surface area (Å²) in [5, 5.41) is 3.38. The third-order valence-electron chi connectivity index (χ3n) is 4.55. The van der Waals surface area contributed by atoms with Gasteiger partial charge in [-0.3, -0.25) is 4.40 Å². The molecule has 2 aromatic carbocycles. The van der Waals surface area contributed by atoms with Gasteiger partial charge in [0, 0.05) is 29.7 Å². The molecule has 30 heavy (non-hydrogen) atoms. The van der Waals surface area contributed by atoms with Crippen LogP contribution in [0.25, 0.3) is 16.9 Å². The van der Waals surface area contributed by atoms with E-state index in [1.54, 1.807) is 20.4 Å². The van der Waals surface area contributed by atoms with Gasteiger partial charge in [0.2, 0.25) is 5.95 Å². The first-order valence-electron chi connectivity index (χ1n) is 9.67. The van der Waals surface area contributed by atoms with Crippen LogP contribution in [-0.4, -0.2) is 34.7 Å². The highest BCUT2D eigenvalue weighted by atomic mass is 16.5. The van der Waals surface area contributed by atoms with E-state index in [1.807, 2.05) is 73.0 Å². The number of nitrogens with zero attached hydrogens (tertiary/aromatic N) is 3. The molecule has 0 atom stereocenters. The Morgan fingerprint density at radius 1 is 0.933 bits per heavy atom. The first-order chi connectivity index (χ1) is 14.6. The van der Waals surface area contributed by atoms with Crippen LogP contribution in [0.1, 0.15) is 13.8 Å². The van der Waals surface area contributed by atoms with Gasteiger partial charge in [-0.15, -0.1) is 0 Å². The molecule has 0 aliphatic carbocycles. The Morgan fingerprint density at radius 2 is 1.70 bits per heavy atom. The number of nitrogens with one attached hydrogen (secondary N) is 1. The van der Waals surface area contributed by atoms with Crippen LogP contribution in [0.2, 0.25) is 0 Å². The summed E-state index contributed by atoms with van der Waals surface area (Å²) in [5.74, 6) is 2.81. The van der Waals surface area contributed by atoms with Gasteiger partial charge in [0.15, 0.2) is 11.5 Å². The van der Waals surface area contributed by atoms with Crippen molar-refractivity contribution in [2.24, 2.45) is 0 Å². The molecular weight excluding hydrogens is 380 g/mol. The van der Waals surface area contributed by atoms with Gasteiger partial charge in [0.05, 0.1) is 26.0 Å². The molecule has 0 unspecified atom stereocenters. The Hall–Kier alpha value is -3.74. The van der Waals surface area contributed by atoms with E-state index in [1.165, 1.54) is 0 Å². The van der Waals surface area contributed by atoms with Gasteiger partial charge >= 0.3 is 0 Å². The molecule has 154 valence electrons. The molecule has 4 rings (SSSR count). The molecular formula is C23H24N4O3. The summed E-state index contributed by atoms with van der Waals surface area (Å²) >= 11 is 0. The van der Waals surface area contributed by atoms with E-state index in [-0.39, 0.29) is 6.10 Å². The summed E-state index contributed by atoms with van der Waals surface area (Å²) in [5.41, 5.74) is 3.37. The van der Waals surface area contributed by atoms with E-state index in [4.69, 9.17) is 19.2 Å². The fourth-order valence-corrected chi connectivity index (χ4v) is 3.17. The van der Waals surface area contributed by atoms with Gasteiger partial charge in [-0.05, 0) is 56.3 Å². The van der Waals surface area contributed by atoms with Crippen molar-refractivity contribution in [3.05, 3.63) is 60.9 Å². The quantitative estimate of drug-likeness (QED) is 0.470. The number of benzene rings is 2. The molecule has 0 bridgehead atoms. The second-order valence-electron chi connectivity index (χ2n) is 7.01. The molecule has 0 aliphatic rings. The van der Waals surface area contributed by atoms with Crippen molar-refractivity contribution in [3.63, 3.8) is 0 Å². The number of rotatable bonds is 7. The number of methoxy groups -OCH3 is 2. The third-order valence-corrected chi connectivity index (χ3v) is 4.55. The zero-order valence-electron chi connectivity index (χ0n) is 17.4. The van der Waals surface area contributed by atoms with Crippen LogP contribution < -0.4 is 19.5 Å². The SMILES string of the molecule is COc1ccc(-c2cc3nccn3c(Nc3ccc(OC(C)C)cc3)n2)cc1OC. The van der Waals surface area contributed by atoms with Crippen LogP contribution in [0.15, 0.2) is 60.9 Å². The van der Waals surface area contributed by atoms with Crippen LogP contribution in [0.3, 0.4) is 0 Å². The Bertz CT molecular complexity index is 1150. The van der Waals surface area contributed by atoms with Crippen molar-refractivity contribution in [3.8, 4) is 28.5 Å². The van der Waals surface area contributed by atoms with Gasteiger partial charge in [-0.25, -0.2) is 9.97 Å². The van der Waals surface area contributed by atoms with Gasteiger partial charge in [-0.1, -0.05) is 0 Å². The van der Waals surface area contributed by atoms with Gasteiger partial charge in [0.25, 0.3) is 0 Å². The van der Waals surface area contributed by atoms with E-state index in [0.717, 1.165) is 28.3 Å². The van der Waals surface area contributed by atoms with Crippen molar-refractivity contribution >= 4 is 17.3 Å². The van der Waals surface area contributed by atoms with Gasteiger partial charge in [-0.2, -0.15) is 0 Å². The van der Waals surface area contributed by atoms with Crippen LogP contribution in [0.4, 0.5) is 11.6 Å². The summed E-state index contributed by atoms with van der Waals surface area (Å²) in [6.07, 6.45) is 3.76. The average molecular weight is 404 g/mol. The highest BCUT2D eigenvalue weighted by Crippen LogP contribution is 2.32. The van der Waals surface area contributed by atoms with Crippen LogP contribution in [-0.2, 0) is 0 Å². The minimum absolute atomic E-state index is 0.134. The Morgan fingerprint density at radius 3 is 2.40 bits per heavy atom. The van der Waals surface area contributed by atoms with E-state index < -0.39 is 0 Å². The summed E-state index contributed by atoms with van der Waals surface area (Å²) < 4.78 is 18.4. The smallest absolute Gasteiger partial charge is 0.213 e. The highest BCUT2D eigenvalue weighted by molar-refractivity contribution is 5.70. The predicted octanol–water partition coefficient (Wildman–Crippen LogP) is 4.94. The van der Waals surface area contributed by atoms with Crippen LogP contribution >= 0.6 is 0 Å². The highest BCUT2D eigenvalue weighted by Gasteiger charge is 2.12. The lowest BCUT2D eigenvalue weighted by Crippen LogP contribution is -2.05. The molecule has 0 aliphatic heterocycles. The lowest BCUT2D eigenvalue weighted by Gasteiger charge is -2.13. The predicted molar refractivity (Wildman–Crippen MR) is 117 cm³/mol. The average Bonchev–Trinajstić information content (AvgIpc) is 3.23. The third kappa shape index (κ3) is 4.00. The van der Waals surface area contributed by atoms with Crippen molar-refractivity contribution in [1.29, 1.82) is 0 Å². The van der Waals surface area contributed by atoms with E-state index in [0.29, 0.717) is 17.4 Å². The molecule has 0 saturated carbocycles. The molecule has 0 radical (unpaired) electrons. The lowest BCUT2D eigenvalue weighted by molar-refractivity contribution is 0.242. The normalized spacial score (nSPS) is 11.0. The summed E-state index contributed by atoms with van der Waals surface area (Å²) in [6.45, 7) is 4.01. The number of ether oxygens (including phenoxy) is 3. The second-order valence-corrected chi connectivity index (χ2v) is 7.01. The van der Waals surface area contributed by atoms with E-state index in [2.05, 4.69) is 10.3 Å². The fraction of sp³-hybridized carbons (Fsp3) is 0.217. The molecule has 0 spiro atoms. The van der Waals surface area contributed by atoms with Gasteiger partial charge in [0.1, 0.15) is 11.4 Å². The maximum atomic E-state index is 5.71. The summed E-state index contributed by atoms with van der Waals surface area (Å²) in [7, 11) is 3.23. The largest absolute Gasteiger partial charge is 0.493 e. The zero-order chi connectivity index (χ0) is 21.1. The maximum absolute atomic E-state index is 5.71. The Labute approximate surface area is 175 Å². The van der Waals surface area contributed by atoms with Crippen molar-refractivity contribution in [1.82, 2.24) is 14.4 Å². The van der Waals surface area contributed by atoms with Gasteiger partial charge < -0.3 is 19.5 Å². The van der Waals surface area contributed by atoms with E-state index in [9.17, 15) is 0 Å². The minimum atomic E-state index is 0.134. The molecule has 7 nitrogen and oxygen atoms in total. The number of fused-ring (bicyclic) bond motifs is 1. The minimum Gasteiger partial charge on any atom is -0.493 e. The number of imidazole rings is 1. The lowest BCUT2D eigenvalue weighted by atomic mass is 10.1. The van der Waals surface area contributed by atoms with Crippen LogP contribution in [0, 0.1) is 0 Å². The molecule has 7 heteroatoms. The molecule has 0 saturated heterocycles. The van der Waals surface area contributed by atoms with Crippen molar-refractivity contribution in [2.45, 2.75) is 20.0 Å². The number of hydrogen-bond donors (Lipinski definition) is 1. The Balaban J connectivity index is 1.70. The standard InChI is InChI=1S/C23H24N4O3/c1-15(2)30-18-8-6-17(7-9-18)25-23-26-19(14-22-24-11-12-27(22)23)16-5-10-20(28-3)21(13-16)29-4/h5-15H,1-4H3,(H,25,26). The molecule has 1 N–H and O–H groups in total. The maximum Gasteiger partial charge on any atom is 0.213 e. The number of aromatic nitrogens is 3. The fourth-order valence-electron chi connectivity index (χ4n) is 3.17. The summed E-state index contributed by atoms with van der Waals surface area (Å²) in [6, 6.07) is 15.5. The molecule has 4 aromatic rings.